The number of nitrogens with zero attached hydrogens (tertiary/aromatic N) is 5. The third-order valence-electron chi connectivity index (χ3n) is 5.35. The summed E-state index contributed by atoms with van der Waals surface area (Å²) >= 11 is 0. The van der Waals surface area contributed by atoms with Gasteiger partial charge in [0.25, 0.3) is 0 Å². The average Bonchev–Trinajstić information content (AvgIpc) is 3.43. The molecule has 5 rings (SSSR count). The maximum Gasteiger partial charge on any atom is 0.152 e. The summed E-state index contributed by atoms with van der Waals surface area (Å²) in [5, 5.41) is 13.8. The lowest BCUT2D eigenvalue weighted by atomic mass is 10.1. The van der Waals surface area contributed by atoms with Crippen molar-refractivity contribution in [3.05, 3.63) is 72.6 Å². The van der Waals surface area contributed by atoms with Crippen LogP contribution in [0.15, 0.2) is 67.0 Å². The van der Waals surface area contributed by atoms with E-state index >= 15 is 0 Å². The van der Waals surface area contributed by atoms with Crippen LogP contribution >= 0.6 is 0 Å². The van der Waals surface area contributed by atoms with Crippen LogP contribution in [0.2, 0.25) is 0 Å². The van der Waals surface area contributed by atoms with Gasteiger partial charge in [0.2, 0.25) is 0 Å². The minimum atomic E-state index is 0.454. The Morgan fingerprint density at radius 3 is 2.73 bits per heavy atom. The summed E-state index contributed by atoms with van der Waals surface area (Å²) in [5.41, 5.74) is 11.1. The number of nitrogen functional groups attached to an aromatic ring is 1. The largest absolute Gasteiger partial charge is 0.382 e. The van der Waals surface area contributed by atoms with E-state index in [-0.39, 0.29) is 0 Å². The van der Waals surface area contributed by atoms with E-state index in [1.54, 1.807) is 6.20 Å². The Morgan fingerprint density at radius 1 is 1.07 bits per heavy atom. The number of benzene rings is 2. The van der Waals surface area contributed by atoms with Crippen molar-refractivity contribution < 1.29 is 0 Å². The van der Waals surface area contributed by atoms with Gasteiger partial charge in [-0.25, -0.2) is 4.98 Å². The Labute approximate surface area is 174 Å². The molecule has 30 heavy (non-hydrogen) atoms. The fraction of sp³-hybridized carbons (Fsp3) is 0.174. The number of aromatic nitrogens is 5. The molecular formula is C23H23N7. The zero-order valence-corrected chi connectivity index (χ0v) is 16.8. The van der Waals surface area contributed by atoms with Crippen LogP contribution in [0.5, 0.6) is 0 Å². The maximum atomic E-state index is 6.25. The van der Waals surface area contributed by atoms with Crippen molar-refractivity contribution in [2.24, 2.45) is 0 Å². The first-order chi connectivity index (χ1) is 14.7. The Morgan fingerprint density at radius 2 is 1.93 bits per heavy atom. The average molecular weight is 397 g/mol. The topological polar surface area (TPSA) is 88.7 Å². The summed E-state index contributed by atoms with van der Waals surface area (Å²) in [7, 11) is 2.12. The molecule has 0 aliphatic rings. The normalized spacial score (nSPS) is 11.7. The van der Waals surface area contributed by atoms with Crippen molar-refractivity contribution in [1.82, 2.24) is 29.9 Å². The minimum absolute atomic E-state index is 0.454. The van der Waals surface area contributed by atoms with Gasteiger partial charge >= 0.3 is 0 Å². The van der Waals surface area contributed by atoms with Gasteiger partial charge in [-0.05, 0) is 24.7 Å². The molecule has 3 heterocycles. The van der Waals surface area contributed by atoms with E-state index in [2.05, 4.69) is 69.7 Å². The maximum absolute atomic E-state index is 6.25. The second-order valence-corrected chi connectivity index (χ2v) is 7.58. The van der Waals surface area contributed by atoms with Crippen LogP contribution in [0.25, 0.3) is 33.1 Å². The first-order valence-electron chi connectivity index (χ1n) is 9.96. The van der Waals surface area contributed by atoms with Crippen molar-refractivity contribution in [2.45, 2.75) is 13.1 Å². The first kappa shape index (κ1) is 18.3. The van der Waals surface area contributed by atoms with Crippen molar-refractivity contribution in [1.29, 1.82) is 0 Å². The molecule has 7 nitrogen and oxygen atoms in total. The van der Waals surface area contributed by atoms with Crippen LogP contribution in [-0.2, 0) is 13.1 Å². The van der Waals surface area contributed by atoms with E-state index in [1.807, 2.05) is 22.9 Å². The standard InChI is InChI=1S/C23H23N7/c1-29(14-16-5-3-2-4-6-16)11-12-30-15-19-18-8-7-17(20-9-10-25-27-20)13-21(18)26-23(24)22(19)28-30/h2-10,13,15H,11-12,14H2,1H3,(H2,24,26)(H,25,27). The molecule has 0 atom stereocenters. The minimum Gasteiger partial charge on any atom is -0.382 e. The van der Waals surface area contributed by atoms with Crippen LogP contribution in [0, 0.1) is 0 Å². The molecule has 0 saturated heterocycles. The summed E-state index contributed by atoms with van der Waals surface area (Å²) in [6.45, 7) is 2.58. The molecular weight excluding hydrogens is 374 g/mol. The van der Waals surface area contributed by atoms with Crippen molar-refractivity contribution in [3.63, 3.8) is 0 Å². The van der Waals surface area contributed by atoms with Crippen LogP contribution in [0.1, 0.15) is 5.56 Å². The molecule has 3 N–H and O–H groups in total. The van der Waals surface area contributed by atoms with Crippen LogP contribution in [0.3, 0.4) is 0 Å². The summed E-state index contributed by atoms with van der Waals surface area (Å²) in [4.78, 5) is 6.89. The number of rotatable bonds is 6. The number of hydrogen-bond acceptors (Lipinski definition) is 5. The molecule has 150 valence electrons. The highest BCUT2D eigenvalue weighted by atomic mass is 15.3. The van der Waals surface area contributed by atoms with E-state index in [9.17, 15) is 0 Å². The van der Waals surface area contributed by atoms with Crippen molar-refractivity contribution in [2.75, 3.05) is 19.3 Å². The third kappa shape index (κ3) is 3.51. The Balaban J connectivity index is 1.40. The van der Waals surface area contributed by atoms with Gasteiger partial charge in [0, 0.05) is 41.8 Å². The van der Waals surface area contributed by atoms with Gasteiger partial charge in [-0.2, -0.15) is 10.2 Å². The molecule has 7 heteroatoms. The van der Waals surface area contributed by atoms with Gasteiger partial charge < -0.3 is 10.6 Å². The molecule has 0 radical (unpaired) electrons. The van der Waals surface area contributed by atoms with E-state index < -0.39 is 0 Å². The smallest absolute Gasteiger partial charge is 0.152 e. The van der Waals surface area contributed by atoms with E-state index in [4.69, 9.17) is 10.8 Å². The summed E-state index contributed by atoms with van der Waals surface area (Å²) in [5.74, 6) is 0.454. The number of likely N-dealkylation sites (N-methyl/N-ethyl adjacent to an activating group) is 1. The quantitative estimate of drug-likeness (QED) is 0.456. The van der Waals surface area contributed by atoms with Crippen molar-refractivity contribution >= 4 is 27.6 Å². The second-order valence-electron chi connectivity index (χ2n) is 7.58. The number of fused-ring (bicyclic) bond motifs is 3. The number of hydrogen-bond donors (Lipinski definition) is 2. The van der Waals surface area contributed by atoms with Gasteiger partial charge in [-0.3, -0.25) is 9.78 Å². The van der Waals surface area contributed by atoms with Gasteiger partial charge in [-0.15, -0.1) is 0 Å². The summed E-state index contributed by atoms with van der Waals surface area (Å²) < 4.78 is 1.96. The van der Waals surface area contributed by atoms with Gasteiger partial charge in [0.1, 0.15) is 5.52 Å². The monoisotopic (exact) mass is 397 g/mol. The number of nitrogens with one attached hydrogen (secondary N) is 1. The highest BCUT2D eigenvalue weighted by molar-refractivity contribution is 6.08. The summed E-state index contributed by atoms with van der Waals surface area (Å²) in [6.07, 6.45) is 3.81. The predicted molar refractivity (Wildman–Crippen MR) is 120 cm³/mol. The van der Waals surface area contributed by atoms with Crippen LogP contribution in [0.4, 0.5) is 5.82 Å². The second kappa shape index (κ2) is 7.61. The third-order valence-corrected chi connectivity index (χ3v) is 5.35. The van der Waals surface area contributed by atoms with Gasteiger partial charge in [0.05, 0.1) is 17.8 Å². The molecule has 0 fully saturated rings. The molecule has 0 spiro atoms. The van der Waals surface area contributed by atoms with Crippen LogP contribution < -0.4 is 5.73 Å². The molecule has 0 amide bonds. The molecule has 2 aromatic carbocycles. The highest BCUT2D eigenvalue weighted by Crippen LogP contribution is 2.29. The Kier molecular flexibility index (Phi) is 4.65. The van der Waals surface area contributed by atoms with Crippen molar-refractivity contribution in [3.8, 4) is 11.3 Å². The van der Waals surface area contributed by atoms with Gasteiger partial charge in [-0.1, -0.05) is 42.5 Å². The Hall–Kier alpha value is -3.71. The fourth-order valence-electron chi connectivity index (χ4n) is 3.79. The molecule has 0 unspecified atom stereocenters. The van der Waals surface area contributed by atoms with E-state index in [0.29, 0.717) is 5.82 Å². The first-order valence-corrected chi connectivity index (χ1v) is 9.96. The van der Waals surface area contributed by atoms with E-state index in [1.165, 1.54) is 5.56 Å². The number of H-pyrrole nitrogens is 1. The number of pyridine rings is 1. The predicted octanol–water partition coefficient (Wildman–Crippen LogP) is 3.69. The lowest BCUT2D eigenvalue weighted by molar-refractivity contribution is 0.306. The molecule has 0 aliphatic heterocycles. The molecule has 0 bridgehead atoms. The summed E-state index contributed by atoms with van der Waals surface area (Å²) in [6, 6.07) is 18.6. The number of aromatic amines is 1. The zero-order chi connectivity index (χ0) is 20.5. The zero-order valence-electron chi connectivity index (χ0n) is 16.8. The highest BCUT2D eigenvalue weighted by Gasteiger charge is 2.12. The SMILES string of the molecule is CN(CCn1cc2c(n1)c(N)nc1cc(-c3ccn[nH]3)ccc12)Cc1ccccc1. The van der Waals surface area contributed by atoms with Gasteiger partial charge in [0.15, 0.2) is 5.82 Å². The molecule has 3 aromatic heterocycles. The number of anilines is 1. The number of nitrogens with two attached hydrogens (primary N) is 1. The lowest BCUT2D eigenvalue weighted by Crippen LogP contribution is -2.23. The lowest BCUT2D eigenvalue weighted by Gasteiger charge is -2.16. The Bertz CT molecular complexity index is 1290. The fourth-order valence-corrected chi connectivity index (χ4v) is 3.79. The molecule has 0 aliphatic carbocycles. The molecule has 5 aromatic rings. The van der Waals surface area contributed by atoms with E-state index in [0.717, 1.165) is 52.7 Å². The van der Waals surface area contributed by atoms with Crippen LogP contribution in [-0.4, -0.2) is 43.5 Å². The molecule has 0 saturated carbocycles.